The lowest BCUT2D eigenvalue weighted by atomic mass is 9.96. The van der Waals surface area contributed by atoms with Crippen LogP contribution in [0.15, 0.2) is 36.5 Å². The summed E-state index contributed by atoms with van der Waals surface area (Å²) in [4.78, 5) is 34.7. The molecule has 8 heteroatoms. The number of piperidine rings is 1. The molecule has 0 unspecified atom stereocenters. The van der Waals surface area contributed by atoms with Gasteiger partial charge in [0.2, 0.25) is 11.8 Å². The maximum Gasteiger partial charge on any atom is 0.225 e. The topological polar surface area (TPSA) is 74.8 Å². The van der Waals surface area contributed by atoms with E-state index in [4.69, 9.17) is 4.74 Å². The Labute approximate surface area is 181 Å². The van der Waals surface area contributed by atoms with Gasteiger partial charge in [-0.1, -0.05) is 30.3 Å². The van der Waals surface area contributed by atoms with Gasteiger partial charge in [0.1, 0.15) is 5.01 Å². The van der Waals surface area contributed by atoms with Gasteiger partial charge in [-0.2, -0.15) is 0 Å². The molecule has 0 aliphatic carbocycles. The summed E-state index contributed by atoms with van der Waals surface area (Å²) in [5.74, 6) is 0.0321. The molecule has 1 aromatic carbocycles. The molecule has 2 aromatic rings. The normalized spacial score (nSPS) is 20.3. The zero-order valence-corrected chi connectivity index (χ0v) is 17.9. The number of hydrogen-bond donors (Lipinski definition) is 1. The van der Waals surface area contributed by atoms with Crippen molar-refractivity contribution in [2.45, 2.75) is 19.4 Å². The van der Waals surface area contributed by atoms with E-state index in [-0.39, 0.29) is 17.7 Å². The van der Waals surface area contributed by atoms with Crippen molar-refractivity contribution in [3.8, 4) is 10.6 Å². The lowest BCUT2D eigenvalue weighted by molar-refractivity contribution is -0.138. The van der Waals surface area contributed by atoms with Crippen LogP contribution >= 0.6 is 11.3 Å². The Balaban J connectivity index is 1.26. The summed E-state index contributed by atoms with van der Waals surface area (Å²) >= 11 is 1.59. The SMILES string of the molecule is O=C(NCc1cnc(-c2ccccc2)s1)[C@H]1CCC(=O)N(CCN2CCOCC2)C1. The summed E-state index contributed by atoms with van der Waals surface area (Å²) in [6.45, 7) is 5.82. The Morgan fingerprint density at radius 3 is 2.80 bits per heavy atom. The Hall–Kier alpha value is -2.29. The van der Waals surface area contributed by atoms with Crippen molar-refractivity contribution < 1.29 is 14.3 Å². The maximum atomic E-state index is 12.7. The number of nitrogens with zero attached hydrogens (tertiary/aromatic N) is 3. The largest absolute Gasteiger partial charge is 0.379 e. The number of aromatic nitrogens is 1. The van der Waals surface area contributed by atoms with Gasteiger partial charge in [-0.25, -0.2) is 4.98 Å². The third kappa shape index (κ3) is 5.44. The van der Waals surface area contributed by atoms with Crippen molar-refractivity contribution in [1.82, 2.24) is 20.1 Å². The van der Waals surface area contributed by atoms with Crippen molar-refractivity contribution in [2.24, 2.45) is 5.92 Å². The molecule has 1 aromatic heterocycles. The number of ether oxygens (including phenoxy) is 1. The number of carbonyl (C=O) groups is 2. The van der Waals surface area contributed by atoms with Gasteiger partial charge in [-0.3, -0.25) is 14.5 Å². The number of likely N-dealkylation sites (tertiary alicyclic amines) is 1. The molecule has 0 radical (unpaired) electrons. The van der Waals surface area contributed by atoms with Gasteiger partial charge in [0.15, 0.2) is 0 Å². The standard InChI is InChI=1S/C22H28N4O3S/c27-20-7-6-18(16-26(20)9-8-25-10-12-29-13-11-25)21(28)23-14-19-15-24-22(30-19)17-4-2-1-3-5-17/h1-5,15,18H,6-14,16H2,(H,23,28)/t18-/m0/s1. The van der Waals surface area contributed by atoms with Crippen molar-refractivity contribution in [3.05, 3.63) is 41.4 Å². The highest BCUT2D eigenvalue weighted by atomic mass is 32.1. The molecule has 4 rings (SSSR count). The van der Waals surface area contributed by atoms with E-state index in [0.717, 1.165) is 48.3 Å². The minimum atomic E-state index is -0.145. The summed E-state index contributed by atoms with van der Waals surface area (Å²) < 4.78 is 5.37. The predicted molar refractivity (Wildman–Crippen MR) is 116 cm³/mol. The van der Waals surface area contributed by atoms with Crippen LogP contribution in [0.5, 0.6) is 0 Å². The molecule has 2 aliphatic heterocycles. The third-order valence-corrected chi connectivity index (χ3v) is 6.72. The van der Waals surface area contributed by atoms with E-state index >= 15 is 0 Å². The van der Waals surface area contributed by atoms with Crippen LogP contribution in [0.4, 0.5) is 0 Å². The first-order valence-corrected chi connectivity index (χ1v) is 11.4. The number of carbonyl (C=O) groups excluding carboxylic acids is 2. The lowest BCUT2D eigenvalue weighted by Crippen LogP contribution is -2.49. The molecule has 1 atom stereocenters. The zero-order valence-electron chi connectivity index (χ0n) is 17.1. The molecule has 2 amide bonds. The first-order chi connectivity index (χ1) is 14.7. The summed E-state index contributed by atoms with van der Waals surface area (Å²) in [6, 6.07) is 10.0. The zero-order chi connectivity index (χ0) is 20.8. The number of morpholine rings is 1. The van der Waals surface area contributed by atoms with E-state index in [1.54, 1.807) is 11.3 Å². The number of hydrogen-bond acceptors (Lipinski definition) is 6. The molecule has 1 N–H and O–H groups in total. The molecule has 2 aliphatic rings. The molecule has 0 saturated carbocycles. The van der Waals surface area contributed by atoms with Crippen LogP contribution in [-0.2, 0) is 20.9 Å². The Bertz CT molecular complexity index is 851. The van der Waals surface area contributed by atoms with E-state index in [1.807, 2.05) is 41.4 Å². The number of thiazole rings is 1. The second kappa shape index (κ2) is 10.1. The van der Waals surface area contributed by atoms with Gasteiger partial charge in [-0.15, -0.1) is 11.3 Å². The lowest BCUT2D eigenvalue weighted by Gasteiger charge is -2.34. The van der Waals surface area contributed by atoms with E-state index in [2.05, 4.69) is 15.2 Å². The molecular weight excluding hydrogens is 400 g/mol. The quantitative estimate of drug-likeness (QED) is 0.730. The summed E-state index contributed by atoms with van der Waals surface area (Å²) in [5, 5.41) is 4.00. The Morgan fingerprint density at radius 2 is 2.00 bits per heavy atom. The fraction of sp³-hybridized carbons (Fsp3) is 0.500. The van der Waals surface area contributed by atoms with Crippen LogP contribution in [0.25, 0.3) is 10.6 Å². The van der Waals surface area contributed by atoms with Gasteiger partial charge in [0.05, 0.1) is 25.7 Å². The maximum absolute atomic E-state index is 12.7. The van der Waals surface area contributed by atoms with Gasteiger partial charge in [-0.05, 0) is 6.42 Å². The van der Waals surface area contributed by atoms with E-state index in [9.17, 15) is 9.59 Å². The Kier molecular flexibility index (Phi) is 7.09. The first kappa shape index (κ1) is 21.0. The first-order valence-electron chi connectivity index (χ1n) is 10.5. The minimum absolute atomic E-state index is 0.0218. The van der Waals surface area contributed by atoms with Crippen molar-refractivity contribution in [2.75, 3.05) is 45.9 Å². The van der Waals surface area contributed by atoms with Crippen LogP contribution in [0, 0.1) is 5.92 Å². The van der Waals surface area contributed by atoms with Crippen LogP contribution in [0.3, 0.4) is 0 Å². The van der Waals surface area contributed by atoms with Crippen LogP contribution in [-0.4, -0.2) is 72.5 Å². The van der Waals surface area contributed by atoms with Gasteiger partial charge in [0, 0.05) is 55.8 Å². The molecule has 3 heterocycles. The molecular formula is C22H28N4O3S. The molecule has 7 nitrogen and oxygen atoms in total. The predicted octanol–water partition coefficient (Wildman–Crippen LogP) is 2.00. The average Bonchev–Trinajstić information content (AvgIpc) is 3.27. The number of rotatable bonds is 7. The minimum Gasteiger partial charge on any atom is -0.379 e. The molecule has 2 fully saturated rings. The summed E-state index contributed by atoms with van der Waals surface area (Å²) in [5.41, 5.74) is 1.08. The smallest absolute Gasteiger partial charge is 0.225 e. The molecule has 30 heavy (non-hydrogen) atoms. The van der Waals surface area contributed by atoms with E-state index in [0.29, 0.717) is 32.5 Å². The summed E-state index contributed by atoms with van der Waals surface area (Å²) in [6.07, 6.45) is 2.89. The van der Waals surface area contributed by atoms with Crippen molar-refractivity contribution >= 4 is 23.2 Å². The van der Waals surface area contributed by atoms with Crippen molar-refractivity contribution in [3.63, 3.8) is 0 Å². The average molecular weight is 429 g/mol. The highest BCUT2D eigenvalue weighted by Crippen LogP contribution is 2.25. The molecule has 2 saturated heterocycles. The fourth-order valence-electron chi connectivity index (χ4n) is 3.85. The number of nitrogens with one attached hydrogen (secondary N) is 1. The van der Waals surface area contributed by atoms with Crippen LogP contribution < -0.4 is 5.32 Å². The number of amides is 2. The van der Waals surface area contributed by atoms with Gasteiger partial charge < -0.3 is 15.0 Å². The third-order valence-electron chi connectivity index (χ3n) is 5.67. The molecule has 0 bridgehead atoms. The highest BCUT2D eigenvalue weighted by molar-refractivity contribution is 7.15. The molecule has 160 valence electrons. The second-order valence-electron chi connectivity index (χ2n) is 7.74. The van der Waals surface area contributed by atoms with Gasteiger partial charge >= 0.3 is 0 Å². The van der Waals surface area contributed by atoms with Crippen molar-refractivity contribution in [1.29, 1.82) is 0 Å². The van der Waals surface area contributed by atoms with Gasteiger partial charge in [0.25, 0.3) is 0 Å². The van der Waals surface area contributed by atoms with E-state index < -0.39 is 0 Å². The van der Waals surface area contributed by atoms with Crippen LogP contribution in [0.2, 0.25) is 0 Å². The monoisotopic (exact) mass is 428 g/mol. The molecule has 0 spiro atoms. The number of benzene rings is 1. The highest BCUT2D eigenvalue weighted by Gasteiger charge is 2.30. The van der Waals surface area contributed by atoms with E-state index in [1.165, 1.54) is 0 Å². The fourth-order valence-corrected chi connectivity index (χ4v) is 4.71. The summed E-state index contributed by atoms with van der Waals surface area (Å²) in [7, 11) is 0. The Morgan fingerprint density at radius 1 is 1.20 bits per heavy atom. The second-order valence-corrected chi connectivity index (χ2v) is 8.86. The van der Waals surface area contributed by atoms with Crippen LogP contribution in [0.1, 0.15) is 17.7 Å².